The van der Waals surface area contributed by atoms with Gasteiger partial charge in [-0.2, -0.15) is 0 Å². The first-order valence-electron chi connectivity index (χ1n) is 10.8. The molecule has 0 radical (unpaired) electrons. The average molecular weight is 380 g/mol. The number of hydrogen-bond acceptors (Lipinski definition) is 2. The first-order valence-corrected chi connectivity index (χ1v) is 12.1. The van der Waals surface area contributed by atoms with Crippen molar-refractivity contribution >= 4 is 13.3 Å². The van der Waals surface area contributed by atoms with E-state index in [-0.39, 0.29) is 0 Å². The van der Waals surface area contributed by atoms with Crippen molar-refractivity contribution in [1.29, 1.82) is 0 Å². The van der Waals surface area contributed by atoms with E-state index in [4.69, 9.17) is 4.52 Å². The average Bonchev–Trinajstić information content (AvgIpc) is 2.74. The minimum absolute atomic E-state index is 0.562. The summed E-state index contributed by atoms with van der Waals surface area (Å²) in [4.78, 5) is 0. The first-order chi connectivity index (χ1) is 13.3. The molecule has 2 aromatic rings. The molecule has 27 heavy (non-hydrogen) atoms. The molecule has 1 atom stereocenters. The highest BCUT2D eigenvalue weighted by Crippen LogP contribution is 2.49. The van der Waals surface area contributed by atoms with Crippen molar-refractivity contribution in [2.75, 3.05) is 0 Å². The normalized spacial score (nSPS) is 23.3. The molecule has 2 aromatic carbocycles. The Morgan fingerprint density at radius 1 is 0.778 bits per heavy atom. The Hall–Kier alpha value is -1.53. The van der Waals surface area contributed by atoms with Gasteiger partial charge in [0.05, 0.1) is 5.30 Å². The maximum Gasteiger partial charge on any atom is 0.266 e. The number of benzene rings is 2. The van der Waals surface area contributed by atoms with Crippen LogP contribution in [0.15, 0.2) is 36.4 Å². The maximum absolute atomic E-state index is 13.1. The van der Waals surface area contributed by atoms with Gasteiger partial charge in [0, 0.05) is 5.56 Å². The summed E-state index contributed by atoms with van der Waals surface area (Å²) < 4.78 is 19.2. The summed E-state index contributed by atoms with van der Waals surface area (Å²) in [5.41, 5.74) is 4.93. The second-order valence-corrected chi connectivity index (χ2v) is 9.91. The van der Waals surface area contributed by atoms with Gasteiger partial charge in [0.25, 0.3) is 8.03 Å². The van der Waals surface area contributed by atoms with Crippen LogP contribution in [0, 0.1) is 0 Å². The van der Waals surface area contributed by atoms with Crippen LogP contribution in [0.25, 0.3) is 11.1 Å². The summed E-state index contributed by atoms with van der Waals surface area (Å²) in [7, 11) is -2.23. The first kappa shape index (κ1) is 17.6. The van der Waals surface area contributed by atoms with Crippen LogP contribution in [0.3, 0.4) is 0 Å². The molecule has 5 rings (SSSR count). The van der Waals surface area contributed by atoms with E-state index < -0.39 is 8.03 Å². The second-order valence-electron chi connectivity index (χ2n) is 8.59. The van der Waals surface area contributed by atoms with E-state index in [1.54, 1.807) is 0 Å². The zero-order valence-electron chi connectivity index (χ0n) is 16.0. The number of fused-ring (bicyclic) bond motifs is 3. The standard InChI is InChI=1S/C24H29O2P/c25-27-23-16-19(17-8-3-1-4-9-17)14-15-21(23)22-13-7-12-20(24(22)26-27)18-10-5-2-6-11-18/h7,12-18,27H,1-6,8-11H2. The van der Waals surface area contributed by atoms with Gasteiger partial charge in [0.1, 0.15) is 5.75 Å². The molecule has 0 bridgehead atoms. The number of hydrogen-bond donors (Lipinski definition) is 0. The zero-order chi connectivity index (χ0) is 18.2. The van der Waals surface area contributed by atoms with Gasteiger partial charge in [-0.25, -0.2) is 0 Å². The zero-order valence-corrected chi connectivity index (χ0v) is 17.0. The van der Waals surface area contributed by atoms with Gasteiger partial charge in [-0.1, -0.05) is 68.9 Å². The Morgan fingerprint density at radius 2 is 1.48 bits per heavy atom. The molecule has 1 aliphatic heterocycles. The van der Waals surface area contributed by atoms with Crippen LogP contribution in [0.5, 0.6) is 5.75 Å². The lowest BCUT2D eigenvalue weighted by Gasteiger charge is -2.29. The minimum Gasteiger partial charge on any atom is -0.441 e. The van der Waals surface area contributed by atoms with E-state index in [1.165, 1.54) is 75.3 Å². The smallest absolute Gasteiger partial charge is 0.266 e. The quantitative estimate of drug-likeness (QED) is 0.527. The third-order valence-electron chi connectivity index (χ3n) is 6.92. The molecule has 0 amide bonds. The fourth-order valence-corrected chi connectivity index (χ4v) is 6.66. The monoisotopic (exact) mass is 380 g/mol. The molecule has 2 aliphatic carbocycles. The van der Waals surface area contributed by atoms with E-state index in [0.29, 0.717) is 11.8 Å². The SMILES string of the molecule is O=[PH]1Oc2c(cccc2C2CCCCC2)-c2ccc(C3CCCCC3)cc21. The highest BCUT2D eigenvalue weighted by molar-refractivity contribution is 7.49. The summed E-state index contributed by atoms with van der Waals surface area (Å²) >= 11 is 0. The number of rotatable bonds is 2. The van der Waals surface area contributed by atoms with Crippen molar-refractivity contribution in [2.24, 2.45) is 0 Å². The molecular weight excluding hydrogens is 351 g/mol. The van der Waals surface area contributed by atoms with E-state index >= 15 is 0 Å². The second kappa shape index (κ2) is 7.47. The fourth-order valence-electron chi connectivity index (χ4n) is 5.42. The van der Waals surface area contributed by atoms with Crippen LogP contribution in [0.4, 0.5) is 0 Å². The lowest BCUT2D eigenvalue weighted by Crippen LogP contribution is -2.15. The van der Waals surface area contributed by atoms with Crippen molar-refractivity contribution < 1.29 is 9.09 Å². The summed E-state index contributed by atoms with van der Waals surface area (Å²) in [6.07, 6.45) is 12.9. The largest absolute Gasteiger partial charge is 0.441 e. The lowest BCUT2D eigenvalue weighted by atomic mass is 9.82. The van der Waals surface area contributed by atoms with Gasteiger partial charge in [0.2, 0.25) is 0 Å². The Bertz CT molecular complexity index is 861. The van der Waals surface area contributed by atoms with Crippen molar-refractivity contribution in [2.45, 2.75) is 76.0 Å². The van der Waals surface area contributed by atoms with E-state index in [2.05, 4.69) is 36.4 Å². The van der Waals surface area contributed by atoms with Crippen molar-refractivity contribution in [3.63, 3.8) is 0 Å². The Labute approximate surface area is 163 Å². The van der Waals surface area contributed by atoms with Crippen LogP contribution in [-0.4, -0.2) is 0 Å². The van der Waals surface area contributed by atoms with Crippen LogP contribution in [0.1, 0.15) is 87.2 Å². The van der Waals surface area contributed by atoms with Gasteiger partial charge in [-0.05, 0) is 60.3 Å². The van der Waals surface area contributed by atoms with Gasteiger partial charge >= 0.3 is 0 Å². The Balaban J connectivity index is 1.54. The molecule has 2 nitrogen and oxygen atoms in total. The molecule has 2 fully saturated rings. The molecule has 1 unspecified atom stereocenters. The van der Waals surface area contributed by atoms with Crippen LogP contribution in [0.2, 0.25) is 0 Å². The third kappa shape index (κ3) is 3.27. The molecule has 3 aliphatic rings. The molecule has 142 valence electrons. The summed E-state index contributed by atoms with van der Waals surface area (Å²) in [5, 5.41) is 0.941. The van der Waals surface area contributed by atoms with Crippen molar-refractivity contribution in [3.05, 3.63) is 47.5 Å². The minimum atomic E-state index is -2.23. The molecule has 3 heteroatoms. The summed E-state index contributed by atoms with van der Waals surface area (Å²) in [6.45, 7) is 0. The molecule has 0 spiro atoms. The van der Waals surface area contributed by atoms with Crippen molar-refractivity contribution in [3.8, 4) is 16.9 Å². The van der Waals surface area contributed by atoms with E-state index in [0.717, 1.165) is 22.2 Å². The van der Waals surface area contributed by atoms with Gasteiger partial charge in [-0.3, -0.25) is 4.57 Å². The number of para-hydroxylation sites is 1. The topological polar surface area (TPSA) is 26.3 Å². The Kier molecular flexibility index (Phi) is 4.86. The molecular formula is C24H29O2P. The highest BCUT2D eigenvalue weighted by atomic mass is 31.1. The van der Waals surface area contributed by atoms with Crippen LogP contribution in [-0.2, 0) is 4.57 Å². The fraction of sp³-hybridized carbons (Fsp3) is 0.500. The molecule has 2 saturated carbocycles. The predicted octanol–water partition coefficient (Wildman–Crippen LogP) is 6.94. The van der Waals surface area contributed by atoms with Gasteiger partial charge in [-0.15, -0.1) is 0 Å². The highest BCUT2D eigenvalue weighted by Gasteiger charge is 2.29. The lowest BCUT2D eigenvalue weighted by molar-refractivity contribution is 0.432. The van der Waals surface area contributed by atoms with Crippen molar-refractivity contribution in [1.82, 2.24) is 0 Å². The maximum atomic E-state index is 13.1. The van der Waals surface area contributed by atoms with Gasteiger partial charge in [0.15, 0.2) is 0 Å². The molecule has 0 saturated heterocycles. The van der Waals surface area contributed by atoms with E-state index in [1.807, 2.05) is 0 Å². The summed E-state index contributed by atoms with van der Waals surface area (Å²) in [6, 6.07) is 13.2. The predicted molar refractivity (Wildman–Crippen MR) is 113 cm³/mol. The van der Waals surface area contributed by atoms with Gasteiger partial charge < -0.3 is 4.52 Å². The molecule has 0 N–H and O–H groups in total. The molecule has 0 aromatic heterocycles. The molecule has 1 heterocycles. The van der Waals surface area contributed by atoms with E-state index in [9.17, 15) is 4.57 Å². The van der Waals surface area contributed by atoms with Crippen LogP contribution < -0.4 is 9.83 Å². The third-order valence-corrected chi connectivity index (χ3v) is 8.16. The summed E-state index contributed by atoms with van der Waals surface area (Å²) in [5.74, 6) is 2.10. The Morgan fingerprint density at radius 3 is 2.22 bits per heavy atom. The van der Waals surface area contributed by atoms with Crippen LogP contribution >= 0.6 is 8.03 Å².